The van der Waals surface area contributed by atoms with Crippen molar-refractivity contribution in [2.24, 2.45) is 4.99 Å². The molecule has 1 fully saturated rings. The van der Waals surface area contributed by atoms with Crippen molar-refractivity contribution in [1.29, 1.82) is 0 Å². The Balaban J connectivity index is 1.97. The topological polar surface area (TPSA) is 72.8 Å². The van der Waals surface area contributed by atoms with E-state index in [4.69, 9.17) is 4.74 Å². The van der Waals surface area contributed by atoms with Crippen LogP contribution in [0.25, 0.3) is 0 Å². The highest BCUT2D eigenvalue weighted by atomic mass is 32.2. The number of hydrogen-bond donors (Lipinski definition) is 0. The Bertz CT molecular complexity index is 1320. The van der Waals surface area contributed by atoms with Crippen molar-refractivity contribution in [2.45, 2.75) is 16.4 Å². The van der Waals surface area contributed by atoms with Gasteiger partial charge in [0.1, 0.15) is 0 Å². The van der Waals surface area contributed by atoms with Gasteiger partial charge >= 0.3 is 6.09 Å². The zero-order valence-electron chi connectivity index (χ0n) is 19.7. The summed E-state index contributed by atoms with van der Waals surface area (Å²) < 4.78 is 32.1. The van der Waals surface area contributed by atoms with Gasteiger partial charge in [-0.3, -0.25) is 0 Å². The van der Waals surface area contributed by atoms with Crippen LogP contribution in [0.3, 0.4) is 0 Å². The first-order valence-electron chi connectivity index (χ1n) is 11.7. The van der Waals surface area contributed by atoms with Gasteiger partial charge in [0.05, 0.1) is 12.3 Å². The summed E-state index contributed by atoms with van der Waals surface area (Å²) in [6.45, 7) is 1.81. The van der Waals surface area contributed by atoms with Crippen LogP contribution in [0.4, 0.5) is 4.79 Å². The molecule has 0 bridgehead atoms. The zero-order valence-corrected chi connectivity index (χ0v) is 20.6. The number of benzene rings is 4. The molecule has 0 unspecified atom stereocenters. The number of carbonyl (C=O) groups is 1. The number of carbonyl (C=O) groups excluding carboxylic acids is 1. The Morgan fingerprint density at radius 1 is 0.639 bits per heavy atom. The minimum absolute atomic E-state index is 0.121. The summed E-state index contributed by atoms with van der Waals surface area (Å²) >= 11 is 0. The maximum absolute atomic E-state index is 15.1. The number of sulfone groups is 1. The highest BCUT2D eigenvalue weighted by Gasteiger charge is 2.77. The molecule has 6 heteroatoms. The third-order valence-corrected chi connectivity index (χ3v) is 9.61. The standard InChI is InChI=1S/C30H25NO4S/c1-2-35-28(32)31-27-29(23-15-7-3-8-16-23,24-17-9-4-10-18-24)36(33,34)30(27,25-19-11-5-12-20-25)26-21-13-6-14-22-26/h3-22H,2H2,1H3. The van der Waals surface area contributed by atoms with Crippen LogP contribution in [-0.2, 0) is 24.1 Å². The lowest BCUT2D eigenvalue weighted by Crippen LogP contribution is -2.72. The molecule has 5 nitrogen and oxygen atoms in total. The number of ether oxygens (including phenoxy) is 1. The average Bonchev–Trinajstić information content (AvgIpc) is 2.91. The third kappa shape index (κ3) is 3.18. The quantitative estimate of drug-likeness (QED) is 0.346. The Morgan fingerprint density at radius 3 is 1.22 bits per heavy atom. The molecule has 1 heterocycles. The minimum atomic E-state index is -4.15. The van der Waals surface area contributed by atoms with Crippen molar-refractivity contribution in [1.82, 2.24) is 0 Å². The van der Waals surface area contributed by atoms with Crippen molar-refractivity contribution < 1.29 is 17.9 Å². The van der Waals surface area contributed by atoms with Gasteiger partial charge in [0.2, 0.25) is 0 Å². The molecule has 0 radical (unpaired) electrons. The summed E-state index contributed by atoms with van der Waals surface area (Å²) in [5, 5.41) is 0. The predicted molar refractivity (Wildman–Crippen MR) is 141 cm³/mol. The number of amides is 1. The van der Waals surface area contributed by atoms with Gasteiger partial charge in [0.15, 0.2) is 19.3 Å². The van der Waals surface area contributed by atoms with E-state index in [1.54, 1.807) is 104 Å². The van der Waals surface area contributed by atoms with Crippen LogP contribution < -0.4 is 0 Å². The first-order valence-corrected chi connectivity index (χ1v) is 13.2. The lowest BCUT2D eigenvalue weighted by molar-refractivity contribution is 0.163. The molecule has 4 aromatic carbocycles. The molecule has 1 amide bonds. The molecular weight excluding hydrogens is 470 g/mol. The summed E-state index contributed by atoms with van der Waals surface area (Å²) in [7, 11) is -4.15. The van der Waals surface area contributed by atoms with Gasteiger partial charge in [0, 0.05) is 0 Å². The molecule has 1 saturated heterocycles. The molecule has 0 aliphatic carbocycles. The zero-order chi connectivity index (χ0) is 25.2. The van der Waals surface area contributed by atoms with Crippen LogP contribution in [0.2, 0.25) is 0 Å². The van der Waals surface area contributed by atoms with Gasteiger partial charge in [0.25, 0.3) is 0 Å². The van der Waals surface area contributed by atoms with Gasteiger partial charge in [-0.05, 0) is 29.2 Å². The van der Waals surface area contributed by atoms with E-state index in [1.165, 1.54) is 0 Å². The lowest BCUT2D eigenvalue weighted by Gasteiger charge is -2.56. The summed E-state index contributed by atoms with van der Waals surface area (Å²) in [4.78, 5) is 17.4. The van der Waals surface area contributed by atoms with Crippen molar-refractivity contribution in [3.63, 3.8) is 0 Å². The molecule has 0 aromatic heterocycles. The number of rotatable bonds is 5. The van der Waals surface area contributed by atoms with Crippen LogP contribution in [-0.4, -0.2) is 26.8 Å². The molecule has 1 aliphatic rings. The molecule has 1 aliphatic heterocycles. The summed E-state index contributed by atoms with van der Waals surface area (Å²) in [5.74, 6) is 0. The maximum atomic E-state index is 15.1. The highest BCUT2D eigenvalue weighted by molar-refractivity contribution is 7.98. The molecule has 0 saturated carbocycles. The third-order valence-electron chi connectivity index (χ3n) is 6.67. The normalized spacial score (nSPS) is 17.0. The van der Waals surface area contributed by atoms with Crippen molar-refractivity contribution in [3.05, 3.63) is 144 Å². The summed E-state index contributed by atoms with van der Waals surface area (Å²) in [6.07, 6.45) is -0.824. The Labute approximate surface area is 211 Å². The number of aliphatic imine (C=N–C) groups is 1. The van der Waals surface area contributed by atoms with E-state index >= 15 is 8.42 Å². The first kappa shape index (κ1) is 23.7. The molecule has 36 heavy (non-hydrogen) atoms. The van der Waals surface area contributed by atoms with Crippen LogP contribution in [0.5, 0.6) is 0 Å². The molecule has 0 N–H and O–H groups in total. The molecule has 5 rings (SSSR count). The van der Waals surface area contributed by atoms with E-state index in [0.29, 0.717) is 22.3 Å². The fourth-order valence-corrected chi connectivity index (χ4v) is 8.28. The summed E-state index contributed by atoms with van der Waals surface area (Å²) in [5.41, 5.74) is 2.26. The molecular formula is C30H25NO4S. The molecule has 180 valence electrons. The van der Waals surface area contributed by atoms with E-state index in [-0.39, 0.29) is 12.3 Å². The SMILES string of the molecule is CCOC(=O)N=C1C(c2ccccc2)(c2ccccc2)S(=O)(=O)C1(c1ccccc1)c1ccccc1. The number of nitrogens with zero attached hydrogens (tertiary/aromatic N) is 1. The van der Waals surface area contributed by atoms with Gasteiger partial charge < -0.3 is 4.74 Å². The molecule has 0 spiro atoms. The summed E-state index contributed by atoms with van der Waals surface area (Å²) in [6, 6.07) is 35.8. The Kier molecular flexibility index (Phi) is 6.06. The van der Waals surface area contributed by atoms with Crippen molar-refractivity contribution in [2.75, 3.05) is 6.61 Å². The monoisotopic (exact) mass is 495 g/mol. The van der Waals surface area contributed by atoms with E-state index < -0.39 is 25.4 Å². The molecule has 0 atom stereocenters. The van der Waals surface area contributed by atoms with Crippen LogP contribution in [0.1, 0.15) is 29.2 Å². The highest BCUT2D eigenvalue weighted by Crippen LogP contribution is 2.63. The molecule has 4 aromatic rings. The van der Waals surface area contributed by atoms with Gasteiger partial charge in [-0.2, -0.15) is 4.99 Å². The van der Waals surface area contributed by atoms with Gasteiger partial charge in [-0.15, -0.1) is 0 Å². The van der Waals surface area contributed by atoms with E-state index in [9.17, 15) is 4.79 Å². The second kappa shape index (κ2) is 9.21. The largest absolute Gasteiger partial charge is 0.448 e. The van der Waals surface area contributed by atoms with E-state index in [1.807, 2.05) is 24.3 Å². The van der Waals surface area contributed by atoms with Gasteiger partial charge in [-0.25, -0.2) is 13.2 Å². The van der Waals surface area contributed by atoms with Crippen LogP contribution in [0.15, 0.2) is 126 Å². The smallest absolute Gasteiger partial charge is 0.433 e. The van der Waals surface area contributed by atoms with Crippen molar-refractivity contribution in [3.8, 4) is 0 Å². The fourth-order valence-electron chi connectivity index (χ4n) is 5.28. The Morgan fingerprint density at radius 2 is 0.944 bits per heavy atom. The van der Waals surface area contributed by atoms with E-state index in [2.05, 4.69) is 4.99 Å². The predicted octanol–water partition coefficient (Wildman–Crippen LogP) is 5.90. The second-order valence-electron chi connectivity index (χ2n) is 8.49. The minimum Gasteiger partial charge on any atom is -0.448 e. The maximum Gasteiger partial charge on any atom is 0.433 e. The average molecular weight is 496 g/mol. The van der Waals surface area contributed by atoms with Crippen LogP contribution >= 0.6 is 0 Å². The Hall–Kier alpha value is -4.03. The second-order valence-corrected chi connectivity index (χ2v) is 10.7. The fraction of sp³-hybridized carbons (Fsp3) is 0.133. The van der Waals surface area contributed by atoms with Gasteiger partial charge in [-0.1, -0.05) is 121 Å². The van der Waals surface area contributed by atoms with Crippen molar-refractivity contribution >= 4 is 21.6 Å². The van der Waals surface area contributed by atoms with E-state index in [0.717, 1.165) is 0 Å². The number of hydrogen-bond acceptors (Lipinski definition) is 4. The van der Waals surface area contributed by atoms with Crippen LogP contribution in [0, 0.1) is 0 Å². The first-order chi connectivity index (χ1) is 17.5. The lowest BCUT2D eigenvalue weighted by atomic mass is 9.73.